The maximum absolute atomic E-state index is 12.4. The highest BCUT2D eigenvalue weighted by Crippen LogP contribution is 2.17. The summed E-state index contributed by atoms with van der Waals surface area (Å²) in [6.07, 6.45) is 0. The third-order valence-electron chi connectivity index (χ3n) is 3.76. The number of benzene rings is 3. The molecule has 0 aromatic heterocycles. The minimum absolute atomic E-state index is 0.111. The maximum atomic E-state index is 12.4. The second-order valence-electron chi connectivity index (χ2n) is 5.77. The third-order valence-corrected chi connectivity index (χ3v) is 5.15. The summed E-state index contributed by atoms with van der Waals surface area (Å²) in [5.74, 6) is -1.04. The highest BCUT2D eigenvalue weighted by molar-refractivity contribution is 7.92. The number of sulfonamides is 1. The lowest BCUT2D eigenvalue weighted by Crippen LogP contribution is -2.41. The van der Waals surface area contributed by atoms with Crippen LogP contribution in [0.5, 0.6) is 0 Å². The number of nitrogens with one attached hydrogen (secondary N) is 3. The van der Waals surface area contributed by atoms with Crippen LogP contribution < -0.4 is 15.6 Å². The molecule has 0 fully saturated rings. The summed E-state index contributed by atoms with van der Waals surface area (Å²) in [4.78, 5) is 24.4. The molecule has 0 heterocycles. The van der Waals surface area contributed by atoms with E-state index in [4.69, 9.17) is 0 Å². The zero-order valence-electron chi connectivity index (χ0n) is 14.6. The lowest BCUT2D eigenvalue weighted by molar-refractivity contribution is 0.0846. The first-order valence-corrected chi connectivity index (χ1v) is 9.78. The van der Waals surface area contributed by atoms with Crippen molar-refractivity contribution in [2.24, 2.45) is 0 Å². The van der Waals surface area contributed by atoms with Gasteiger partial charge in [-0.3, -0.25) is 25.2 Å². The lowest BCUT2D eigenvalue weighted by atomic mass is 10.2. The first-order valence-electron chi connectivity index (χ1n) is 8.29. The Morgan fingerprint density at radius 3 is 1.82 bits per heavy atom. The average Bonchev–Trinajstić information content (AvgIpc) is 2.73. The van der Waals surface area contributed by atoms with Gasteiger partial charge in [0.1, 0.15) is 0 Å². The lowest BCUT2D eigenvalue weighted by Gasteiger charge is -2.10. The summed E-state index contributed by atoms with van der Waals surface area (Å²) in [6.45, 7) is 0. The molecule has 28 heavy (non-hydrogen) atoms. The molecule has 0 aliphatic rings. The van der Waals surface area contributed by atoms with E-state index >= 15 is 0 Å². The second-order valence-corrected chi connectivity index (χ2v) is 7.46. The first kappa shape index (κ1) is 19.1. The average molecular weight is 395 g/mol. The molecule has 3 aromatic rings. The summed E-state index contributed by atoms with van der Waals surface area (Å²) in [5, 5.41) is 0. The van der Waals surface area contributed by atoms with Crippen LogP contribution in [-0.2, 0) is 10.0 Å². The Hall–Kier alpha value is -3.65. The molecule has 0 saturated carbocycles. The molecule has 2 amide bonds. The number of amides is 2. The SMILES string of the molecule is O=C(NNC(=O)c1cccc(NS(=O)(=O)c2ccccc2)c1)c1ccccc1. The van der Waals surface area contributed by atoms with E-state index in [1.54, 1.807) is 48.5 Å². The van der Waals surface area contributed by atoms with E-state index < -0.39 is 21.8 Å². The molecule has 3 rings (SSSR count). The molecule has 7 nitrogen and oxygen atoms in total. The van der Waals surface area contributed by atoms with Gasteiger partial charge in [-0.1, -0.05) is 42.5 Å². The molecule has 0 aliphatic carbocycles. The Labute approximate surface area is 162 Å². The van der Waals surface area contributed by atoms with Crippen LogP contribution in [0.1, 0.15) is 20.7 Å². The largest absolute Gasteiger partial charge is 0.280 e. The van der Waals surface area contributed by atoms with Gasteiger partial charge in [0.25, 0.3) is 21.8 Å². The molecule has 0 atom stereocenters. The van der Waals surface area contributed by atoms with Crippen molar-refractivity contribution < 1.29 is 18.0 Å². The maximum Gasteiger partial charge on any atom is 0.269 e. The van der Waals surface area contributed by atoms with Crippen LogP contribution in [0.25, 0.3) is 0 Å². The van der Waals surface area contributed by atoms with Crippen LogP contribution in [0.15, 0.2) is 89.8 Å². The Bertz CT molecular complexity index is 1080. The molecule has 3 aromatic carbocycles. The topological polar surface area (TPSA) is 104 Å². The van der Waals surface area contributed by atoms with E-state index in [-0.39, 0.29) is 16.1 Å². The van der Waals surface area contributed by atoms with Crippen LogP contribution in [-0.4, -0.2) is 20.2 Å². The van der Waals surface area contributed by atoms with E-state index in [2.05, 4.69) is 15.6 Å². The van der Waals surface area contributed by atoms with E-state index in [0.29, 0.717) is 5.56 Å². The Kier molecular flexibility index (Phi) is 5.71. The highest BCUT2D eigenvalue weighted by Gasteiger charge is 2.15. The summed E-state index contributed by atoms with van der Waals surface area (Å²) in [7, 11) is -3.77. The van der Waals surface area contributed by atoms with Crippen molar-refractivity contribution in [1.82, 2.24) is 10.9 Å². The summed E-state index contributed by atoms with van der Waals surface area (Å²) in [6, 6.07) is 22.3. The molecule has 8 heteroatoms. The predicted octanol–water partition coefficient (Wildman–Crippen LogP) is 2.56. The van der Waals surface area contributed by atoms with E-state index in [1.807, 2.05) is 0 Å². The van der Waals surface area contributed by atoms with E-state index in [1.165, 1.54) is 36.4 Å². The number of anilines is 1. The smallest absolute Gasteiger partial charge is 0.269 e. The fourth-order valence-electron chi connectivity index (χ4n) is 2.39. The van der Waals surface area contributed by atoms with Crippen LogP contribution in [0.3, 0.4) is 0 Å². The second kappa shape index (κ2) is 8.36. The van der Waals surface area contributed by atoms with Gasteiger partial charge in [-0.25, -0.2) is 8.42 Å². The fraction of sp³-hybridized carbons (Fsp3) is 0. The highest BCUT2D eigenvalue weighted by atomic mass is 32.2. The number of rotatable bonds is 5. The Morgan fingerprint density at radius 2 is 1.18 bits per heavy atom. The van der Waals surface area contributed by atoms with Crippen molar-refractivity contribution in [2.45, 2.75) is 4.90 Å². The molecule has 3 N–H and O–H groups in total. The molecular weight excluding hydrogens is 378 g/mol. The van der Waals surface area contributed by atoms with Crippen LogP contribution in [0, 0.1) is 0 Å². The standard InChI is InChI=1S/C20H17N3O4S/c24-19(15-8-3-1-4-9-15)21-22-20(25)16-10-7-11-17(14-16)23-28(26,27)18-12-5-2-6-13-18/h1-14,23H,(H,21,24)(H,22,25). The van der Waals surface area contributed by atoms with Gasteiger partial charge in [0.2, 0.25) is 0 Å². The molecular formula is C20H17N3O4S. The van der Waals surface area contributed by atoms with Gasteiger partial charge in [-0.15, -0.1) is 0 Å². The number of carbonyl (C=O) groups is 2. The molecule has 0 radical (unpaired) electrons. The number of hydrogen-bond acceptors (Lipinski definition) is 4. The first-order chi connectivity index (χ1) is 13.5. The summed E-state index contributed by atoms with van der Waals surface area (Å²) < 4.78 is 27.2. The Morgan fingerprint density at radius 1 is 0.643 bits per heavy atom. The predicted molar refractivity (Wildman–Crippen MR) is 105 cm³/mol. The van der Waals surface area contributed by atoms with E-state index in [0.717, 1.165) is 0 Å². The molecule has 0 saturated heterocycles. The summed E-state index contributed by atoms with van der Waals surface area (Å²) >= 11 is 0. The summed E-state index contributed by atoms with van der Waals surface area (Å²) in [5.41, 5.74) is 5.42. The molecule has 0 bridgehead atoms. The van der Waals surface area contributed by atoms with Gasteiger partial charge in [-0.05, 0) is 42.5 Å². The molecule has 0 spiro atoms. The van der Waals surface area contributed by atoms with Gasteiger partial charge in [-0.2, -0.15) is 0 Å². The van der Waals surface area contributed by atoms with Gasteiger partial charge in [0.05, 0.1) is 4.90 Å². The van der Waals surface area contributed by atoms with Gasteiger partial charge < -0.3 is 0 Å². The zero-order chi connectivity index (χ0) is 20.0. The minimum atomic E-state index is -3.77. The fourth-order valence-corrected chi connectivity index (χ4v) is 3.46. The van der Waals surface area contributed by atoms with Crippen LogP contribution in [0.2, 0.25) is 0 Å². The zero-order valence-corrected chi connectivity index (χ0v) is 15.4. The number of hydrogen-bond donors (Lipinski definition) is 3. The van der Waals surface area contributed by atoms with Gasteiger partial charge >= 0.3 is 0 Å². The van der Waals surface area contributed by atoms with E-state index in [9.17, 15) is 18.0 Å². The van der Waals surface area contributed by atoms with Crippen LogP contribution >= 0.6 is 0 Å². The van der Waals surface area contributed by atoms with Crippen molar-refractivity contribution in [3.8, 4) is 0 Å². The van der Waals surface area contributed by atoms with Crippen molar-refractivity contribution in [2.75, 3.05) is 4.72 Å². The van der Waals surface area contributed by atoms with Crippen molar-refractivity contribution in [3.05, 3.63) is 96.1 Å². The third kappa shape index (κ3) is 4.74. The molecule has 0 unspecified atom stereocenters. The van der Waals surface area contributed by atoms with Crippen molar-refractivity contribution in [3.63, 3.8) is 0 Å². The molecule has 142 valence electrons. The Balaban J connectivity index is 1.67. The molecule has 0 aliphatic heterocycles. The van der Waals surface area contributed by atoms with Crippen molar-refractivity contribution >= 4 is 27.5 Å². The van der Waals surface area contributed by atoms with Crippen molar-refractivity contribution in [1.29, 1.82) is 0 Å². The monoisotopic (exact) mass is 395 g/mol. The normalized spacial score (nSPS) is 10.7. The van der Waals surface area contributed by atoms with Gasteiger partial charge in [0, 0.05) is 16.8 Å². The van der Waals surface area contributed by atoms with Crippen LogP contribution in [0.4, 0.5) is 5.69 Å². The minimum Gasteiger partial charge on any atom is -0.280 e. The number of hydrazine groups is 1. The quantitative estimate of drug-likeness (QED) is 0.578. The number of carbonyl (C=O) groups excluding carboxylic acids is 2. The van der Waals surface area contributed by atoms with Gasteiger partial charge in [0.15, 0.2) is 0 Å².